The first-order valence-electron chi connectivity index (χ1n) is 6.23. The molecule has 134 valence electrons. The summed E-state index contributed by atoms with van der Waals surface area (Å²) in [7, 11) is 0. The van der Waals surface area contributed by atoms with Gasteiger partial charge < -0.3 is 5.32 Å². The van der Waals surface area contributed by atoms with Crippen LogP contribution in [-0.2, 0) is 12.4 Å². The van der Waals surface area contributed by atoms with Crippen molar-refractivity contribution in [1.82, 2.24) is 0 Å². The van der Waals surface area contributed by atoms with Crippen LogP contribution in [0.5, 0.6) is 0 Å². The molecule has 0 radical (unpaired) electrons. The minimum Gasteiger partial charge on any atom is -0.321 e. The number of carbonyl (C=O) groups excluding carboxylic acids is 1. The van der Waals surface area contributed by atoms with Crippen LogP contribution < -0.4 is 5.32 Å². The van der Waals surface area contributed by atoms with Crippen LogP contribution in [0.3, 0.4) is 0 Å². The molecule has 25 heavy (non-hydrogen) atoms. The van der Waals surface area contributed by atoms with Crippen LogP contribution in [0.4, 0.5) is 37.0 Å². The first-order chi connectivity index (χ1) is 11.4. The Morgan fingerprint density at radius 1 is 1.00 bits per heavy atom. The summed E-state index contributed by atoms with van der Waals surface area (Å²) in [5.41, 5.74) is -3.91. The fourth-order valence-electron chi connectivity index (χ4n) is 1.77. The molecule has 0 atom stereocenters. The Labute approximate surface area is 139 Å². The standard InChI is InChI=1S/C13H6F6N2O3S/c14-12(15,16)6-3-7(13(17,18)19)5-8(4-6)20-11(22)9-1-2-10(25-9)21(23)24/h1-5H,(H,20,22). The van der Waals surface area contributed by atoms with Gasteiger partial charge in [-0.15, -0.1) is 0 Å². The van der Waals surface area contributed by atoms with Crippen molar-refractivity contribution in [1.29, 1.82) is 0 Å². The number of rotatable bonds is 3. The molecular formula is C13H6F6N2O3S. The lowest BCUT2D eigenvalue weighted by Crippen LogP contribution is -2.15. The highest BCUT2D eigenvalue weighted by Crippen LogP contribution is 2.37. The second kappa shape index (κ2) is 6.35. The Kier molecular flexibility index (Phi) is 4.75. The maximum Gasteiger partial charge on any atom is 0.416 e. The number of hydrogen-bond acceptors (Lipinski definition) is 4. The van der Waals surface area contributed by atoms with Crippen molar-refractivity contribution in [3.8, 4) is 0 Å². The third-order valence-electron chi connectivity index (χ3n) is 2.84. The van der Waals surface area contributed by atoms with Gasteiger partial charge in [-0.25, -0.2) is 0 Å². The summed E-state index contributed by atoms with van der Waals surface area (Å²) in [4.78, 5) is 21.4. The van der Waals surface area contributed by atoms with Crippen molar-refractivity contribution in [2.75, 3.05) is 5.32 Å². The second-order valence-electron chi connectivity index (χ2n) is 4.64. The maximum absolute atomic E-state index is 12.7. The average Bonchev–Trinajstić information content (AvgIpc) is 2.95. The molecule has 2 aromatic rings. The van der Waals surface area contributed by atoms with E-state index in [0.717, 1.165) is 12.1 Å². The van der Waals surface area contributed by atoms with Gasteiger partial charge in [-0.05, 0) is 24.3 Å². The number of alkyl halides is 6. The van der Waals surface area contributed by atoms with Crippen molar-refractivity contribution < 1.29 is 36.1 Å². The minimum atomic E-state index is -5.05. The molecule has 1 amide bonds. The van der Waals surface area contributed by atoms with E-state index in [9.17, 15) is 41.3 Å². The Morgan fingerprint density at radius 3 is 1.92 bits per heavy atom. The summed E-state index contributed by atoms with van der Waals surface area (Å²) in [5, 5.41) is 12.0. The molecular weight excluding hydrogens is 378 g/mol. The van der Waals surface area contributed by atoms with Crippen LogP contribution in [0.15, 0.2) is 30.3 Å². The lowest BCUT2D eigenvalue weighted by molar-refractivity contribution is -0.380. The zero-order valence-corrected chi connectivity index (χ0v) is 12.6. The van der Waals surface area contributed by atoms with Crippen molar-refractivity contribution >= 4 is 27.9 Å². The topological polar surface area (TPSA) is 72.2 Å². The average molecular weight is 384 g/mol. The molecule has 5 nitrogen and oxygen atoms in total. The van der Waals surface area contributed by atoms with Gasteiger partial charge in [0.2, 0.25) is 0 Å². The third-order valence-corrected chi connectivity index (χ3v) is 3.88. The highest BCUT2D eigenvalue weighted by molar-refractivity contribution is 7.17. The first-order valence-corrected chi connectivity index (χ1v) is 7.04. The number of anilines is 1. The van der Waals surface area contributed by atoms with Gasteiger partial charge in [-0.2, -0.15) is 26.3 Å². The first kappa shape index (κ1) is 18.7. The fourth-order valence-corrected chi connectivity index (χ4v) is 2.48. The number of carbonyl (C=O) groups is 1. The highest BCUT2D eigenvalue weighted by Gasteiger charge is 2.37. The molecule has 0 fully saturated rings. The number of amides is 1. The van der Waals surface area contributed by atoms with Crippen molar-refractivity contribution in [3.05, 3.63) is 56.5 Å². The number of thiophene rings is 1. The van der Waals surface area contributed by atoms with Gasteiger partial charge in [0.25, 0.3) is 5.91 Å². The third kappa shape index (κ3) is 4.47. The number of nitrogens with zero attached hydrogens (tertiary/aromatic N) is 1. The zero-order chi connectivity index (χ0) is 19.0. The summed E-state index contributed by atoms with van der Waals surface area (Å²) in [6, 6.07) is 2.64. The molecule has 0 aliphatic rings. The summed E-state index contributed by atoms with van der Waals surface area (Å²) in [5.74, 6) is -1.06. The van der Waals surface area contributed by atoms with E-state index < -0.39 is 45.0 Å². The molecule has 1 aromatic heterocycles. The van der Waals surface area contributed by atoms with E-state index >= 15 is 0 Å². The summed E-state index contributed by atoms with van der Waals surface area (Å²) >= 11 is 0.432. The number of nitro groups is 1. The highest BCUT2D eigenvalue weighted by atomic mass is 32.1. The normalized spacial score (nSPS) is 12.1. The second-order valence-corrected chi connectivity index (χ2v) is 5.71. The zero-order valence-electron chi connectivity index (χ0n) is 11.7. The van der Waals surface area contributed by atoms with E-state index in [4.69, 9.17) is 0 Å². The van der Waals surface area contributed by atoms with E-state index in [2.05, 4.69) is 0 Å². The van der Waals surface area contributed by atoms with Crippen LogP contribution in [0.1, 0.15) is 20.8 Å². The van der Waals surface area contributed by atoms with Crippen LogP contribution >= 0.6 is 11.3 Å². The van der Waals surface area contributed by atoms with E-state index in [0.29, 0.717) is 23.5 Å². The van der Waals surface area contributed by atoms with Gasteiger partial charge >= 0.3 is 17.4 Å². The number of hydrogen-bond donors (Lipinski definition) is 1. The number of halogens is 6. The summed E-state index contributed by atoms with van der Waals surface area (Å²) in [6.07, 6.45) is -10.1. The molecule has 0 unspecified atom stereocenters. The molecule has 2 rings (SSSR count). The van der Waals surface area contributed by atoms with E-state index in [1.165, 1.54) is 0 Å². The number of nitrogens with one attached hydrogen (secondary N) is 1. The molecule has 1 heterocycles. The molecule has 0 aliphatic heterocycles. The molecule has 1 aromatic carbocycles. The van der Waals surface area contributed by atoms with Gasteiger partial charge in [0, 0.05) is 11.8 Å². The molecule has 0 aliphatic carbocycles. The predicted octanol–water partition coefficient (Wildman–Crippen LogP) is 4.95. The summed E-state index contributed by atoms with van der Waals surface area (Å²) < 4.78 is 76.4. The molecule has 12 heteroatoms. The van der Waals surface area contributed by atoms with Crippen LogP contribution in [-0.4, -0.2) is 10.8 Å². The Balaban J connectivity index is 2.37. The quantitative estimate of drug-likeness (QED) is 0.463. The molecule has 0 saturated heterocycles. The van der Waals surface area contributed by atoms with E-state index in [1.807, 2.05) is 5.32 Å². The maximum atomic E-state index is 12.7. The predicted molar refractivity (Wildman–Crippen MR) is 75.4 cm³/mol. The largest absolute Gasteiger partial charge is 0.416 e. The van der Waals surface area contributed by atoms with Gasteiger partial charge in [-0.3, -0.25) is 14.9 Å². The van der Waals surface area contributed by atoms with Crippen LogP contribution in [0.2, 0.25) is 0 Å². The molecule has 0 spiro atoms. The van der Waals surface area contributed by atoms with Crippen molar-refractivity contribution in [3.63, 3.8) is 0 Å². The molecule has 0 saturated carbocycles. The number of benzene rings is 1. The minimum absolute atomic E-state index is 0.0777. The van der Waals surface area contributed by atoms with Gasteiger partial charge in [-0.1, -0.05) is 11.3 Å². The lowest BCUT2D eigenvalue weighted by atomic mass is 10.1. The van der Waals surface area contributed by atoms with Crippen LogP contribution in [0, 0.1) is 10.1 Å². The van der Waals surface area contributed by atoms with Crippen LogP contribution in [0.25, 0.3) is 0 Å². The Hall–Kier alpha value is -2.63. The molecule has 1 N–H and O–H groups in total. The Bertz CT molecular complexity index is 796. The SMILES string of the molecule is O=C(Nc1cc(C(F)(F)F)cc(C(F)(F)F)c1)c1ccc([N+](=O)[O-])s1. The monoisotopic (exact) mass is 384 g/mol. The lowest BCUT2D eigenvalue weighted by Gasteiger charge is -2.14. The smallest absolute Gasteiger partial charge is 0.321 e. The van der Waals surface area contributed by atoms with Crippen molar-refractivity contribution in [2.45, 2.75) is 12.4 Å². The van der Waals surface area contributed by atoms with Gasteiger partial charge in [0.05, 0.1) is 20.9 Å². The Morgan fingerprint density at radius 2 is 1.52 bits per heavy atom. The molecule has 0 bridgehead atoms. The van der Waals surface area contributed by atoms with Crippen molar-refractivity contribution in [2.24, 2.45) is 0 Å². The summed E-state index contributed by atoms with van der Waals surface area (Å²) in [6.45, 7) is 0. The van der Waals surface area contributed by atoms with E-state index in [1.54, 1.807) is 0 Å². The van der Waals surface area contributed by atoms with E-state index in [-0.39, 0.29) is 10.9 Å². The van der Waals surface area contributed by atoms with Gasteiger partial charge in [0.1, 0.15) is 0 Å². The van der Waals surface area contributed by atoms with Gasteiger partial charge in [0.15, 0.2) is 0 Å². The fraction of sp³-hybridized carbons (Fsp3) is 0.154.